The number of amides is 2. The number of carbonyl (C=O) groups excluding carboxylic acids is 2. The molecular formula is C24H26N2O3. The molecule has 5 heteroatoms. The third kappa shape index (κ3) is 2.64. The van der Waals surface area contributed by atoms with Crippen molar-refractivity contribution < 1.29 is 14.7 Å². The van der Waals surface area contributed by atoms with Crippen LogP contribution in [0.5, 0.6) is 0 Å². The summed E-state index contributed by atoms with van der Waals surface area (Å²) in [4.78, 5) is 28.7. The summed E-state index contributed by atoms with van der Waals surface area (Å²) in [5.74, 6) is -0.279. The van der Waals surface area contributed by atoms with Gasteiger partial charge in [-0.25, -0.2) is 0 Å². The van der Waals surface area contributed by atoms with E-state index in [4.69, 9.17) is 0 Å². The molecule has 2 aliphatic heterocycles. The Kier molecular flexibility index (Phi) is 4.24. The second kappa shape index (κ2) is 6.70. The van der Waals surface area contributed by atoms with Crippen LogP contribution in [0.25, 0.3) is 0 Å². The molecule has 3 aliphatic rings. The number of rotatable bonds is 2. The summed E-state index contributed by atoms with van der Waals surface area (Å²) in [6, 6.07) is 17.1. The van der Waals surface area contributed by atoms with Gasteiger partial charge in [-0.05, 0) is 36.5 Å². The molecule has 0 bridgehead atoms. The predicted octanol–water partition coefficient (Wildman–Crippen LogP) is 3.55. The van der Waals surface area contributed by atoms with E-state index in [0.29, 0.717) is 25.8 Å². The highest BCUT2D eigenvalue weighted by molar-refractivity contribution is 6.08. The van der Waals surface area contributed by atoms with E-state index in [2.05, 4.69) is 5.32 Å². The molecule has 2 heterocycles. The molecular weight excluding hydrogens is 364 g/mol. The van der Waals surface area contributed by atoms with Crippen molar-refractivity contribution in [3.8, 4) is 0 Å². The van der Waals surface area contributed by atoms with Crippen molar-refractivity contribution in [1.82, 2.24) is 4.90 Å². The summed E-state index contributed by atoms with van der Waals surface area (Å²) in [5, 5.41) is 14.2. The molecule has 150 valence electrons. The molecule has 0 aromatic heterocycles. The van der Waals surface area contributed by atoms with E-state index in [1.807, 2.05) is 54.6 Å². The summed E-state index contributed by atoms with van der Waals surface area (Å²) in [6.45, 7) is 0.461. The molecule has 2 amide bonds. The van der Waals surface area contributed by atoms with E-state index >= 15 is 0 Å². The maximum absolute atomic E-state index is 13.6. The van der Waals surface area contributed by atoms with Crippen LogP contribution in [0.15, 0.2) is 54.6 Å². The van der Waals surface area contributed by atoms with Crippen molar-refractivity contribution in [2.24, 2.45) is 0 Å². The van der Waals surface area contributed by atoms with Crippen LogP contribution < -0.4 is 5.32 Å². The predicted molar refractivity (Wildman–Crippen MR) is 110 cm³/mol. The number of anilines is 1. The fourth-order valence-electron chi connectivity index (χ4n) is 5.62. The Bertz CT molecular complexity index is 952. The first-order chi connectivity index (χ1) is 14.1. The molecule has 1 saturated heterocycles. The Balaban J connectivity index is 1.63. The second-order valence-corrected chi connectivity index (χ2v) is 8.63. The molecule has 1 aliphatic carbocycles. The van der Waals surface area contributed by atoms with Crippen LogP contribution in [0.4, 0.5) is 5.69 Å². The van der Waals surface area contributed by atoms with Gasteiger partial charge in [0.05, 0.1) is 6.04 Å². The summed E-state index contributed by atoms with van der Waals surface area (Å²) in [6.07, 6.45) is 4.33. The highest BCUT2D eigenvalue weighted by Crippen LogP contribution is 2.55. The molecule has 2 unspecified atom stereocenters. The second-order valence-electron chi connectivity index (χ2n) is 8.63. The molecule has 2 aromatic carbocycles. The number of aliphatic hydroxyl groups is 1. The van der Waals surface area contributed by atoms with Gasteiger partial charge in [-0.1, -0.05) is 67.8 Å². The maximum atomic E-state index is 13.6. The van der Waals surface area contributed by atoms with Gasteiger partial charge < -0.3 is 15.3 Å². The topological polar surface area (TPSA) is 69.6 Å². The lowest BCUT2D eigenvalue weighted by molar-refractivity contribution is -0.156. The van der Waals surface area contributed by atoms with Gasteiger partial charge in [0.2, 0.25) is 5.91 Å². The first-order valence-electron chi connectivity index (χ1n) is 10.6. The maximum Gasteiger partial charge on any atom is 0.255 e. The molecule has 2 fully saturated rings. The molecule has 5 rings (SSSR count). The highest BCUT2D eigenvalue weighted by atomic mass is 16.3. The molecule has 29 heavy (non-hydrogen) atoms. The number of likely N-dealkylation sites (tertiary alicyclic amines) is 1. The van der Waals surface area contributed by atoms with E-state index in [9.17, 15) is 14.7 Å². The Morgan fingerprint density at radius 3 is 2.41 bits per heavy atom. The zero-order valence-corrected chi connectivity index (χ0v) is 16.4. The van der Waals surface area contributed by atoms with E-state index in [1.54, 1.807) is 4.90 Å². The van der Waals surface area contributed by atoms with Gasteiger partial charge in [0, 0.05) is 12.2 Å². The minimum absolute atomic E-state index is 0.0570. The number of carbonyl (C=O) groups is 2. The number of benzene rings is 2. The lowest BCUT2D eigenvalue weighted by Crippen LogP contribution is -2.52. The minimum Gasteiger partial charge on any atom is -0.380 e. The van der Waals surface area contributed by atoms with E-state index in [0.717, 1.165) is 36.1 Å². The van der Waals surface area contributed by atoms with Gasteiger partial charge in [0.15, 0.2) is 0 Å². The van der Waals surface area contributed by atoms with Crippen LogP contribution in [0.1, 0.15) is 55.7 Å². The van der Waals surface area contributed by atoms with Crippen LogP contribution >= 0.6 is 0 Å². The molecule has 1 spiro atoms. The fraction of sp³-hybridized carbons (Fsp3) is 0.417. The molecule has 5 nitrogen and oxygen atoms in total. The monoisotopic (exact) mass is 390 g/mol. The van der Waals surface area contributed by atoms with Crippen LogP contribution in [-0.4, -0.2) is 34.0 Å². The zero-order chi connectivity index (χ0) is 20.1. The van der Waals surface area contributed by atoms with Crippen molar-refractivity contribution in [2.75, 3.05) is 11.9 Å². The Hall–Kier alpha value is -2.66. The summed E-state index contributed by atoms with van der Waals surface area (Å²) in [5.41, 5.74) is 0.572. The molecule has 2 atom stereocenters. The van der Waals surface area contributed by atoms with E-state index in [-0.39, 0.29) is 11.8 Å². The van der Waals surface area contributed by atoms with Gasteiger partial charge in [-0.2, -0.15) is 0 Å². The summed E-state index contributed by atoms with van der Waals surface area (Å²) in [7, 11) is 0. The lowest BCUT2D eigenvalue weighted by Gasteiger charge is -2.39. The number of nitrogens with zero attached hydrogens (tertiary/aromatic N) is 1. The van der Waals surface area contributed by atoms with Crippen molar-refractivity contribution >= 4 is 17.5 Å². The normalized spacial score (nSPS) is 27.7. The number of hydrogen-bond donors (Lipinski definition) is 2. The Morgan fingerprint density at radius 1 is 0.966 bits per heavy atom. The Labute approximate surface area is 170 Å². The number of hydrogen-bond acceptors (Lipinski definition) is 3. The Morgan fingerprint density at radius 2 is 1.66 bits per heavy atom. The van der Waals surface area contributed by atoms with Crippen LogP contribution in [-0.2, 0) is 15.0 Å². The molecule has 2 aromatic rings. The smallest absolute Gasteiger partial charge is 0.255 e. The standard InChI is InChI=1S/C24H26N2O3/c27-21-24(18-11-5-6-12-19(18)25-21)15-16-26(20(24)17-9-3-1-4-10-17)22(28)23(29)13-7-2-8-14-23/h1,3-6,9-12,20,29H,2,7-8,13-16H2,(H,25,27). The number of nitrogens with one attached hydrogen (secondary N) is 1. The largest absolute Gasteiger partial charge is 0.380 e. The van der Waals surface area contributed by atoms with E-state index < -0.39 is 17.1 Å². The fourth-order valence-corrected chi connectivity index (χ4v) is 5.62. The summed E-state index contributed by atoms with van der Waals surface area (Å²) >= 11 is 0. The minimum atomic E-state index is -1.31. The van der Waals surface area contributed by atoms with Gasteiger partial charge in [0.1, 0.15) is 11.0 Å². The third-order valence-electron chi connectivity index (χ3n) is 7.04. The number of fused-ring (bicyclic) bond motifs is 2. The van der Waals surface area contributed by atoms with Crippen molar-refractivity contribution in [3.05, 3.63) is 65.7 Å². The van der Waals surface area contributed by atoms with Crippen LogP contribution in [0.3, 0.4) is 0 Å². The number of para-hydroxylation sites is 1. The highest BCUT2D eigenvalue weighted by Gasteiger charge is 2.60. The van der Waals surface area contributed by atoms with Gasteiger partial charge in [0.25, 0.3) is 5.91 Å². The first-order valence-corrected chi connectivity index (χ1v) is 10.6. The van der Waals surface area contributed by atoms with Crippen LogP contribution in [0, 0.1) is 0 Å². The van der Waals surface area contributed by atoms with Gasteiger partial charge in [-0.15, -0.1) is 0 Å². The van der Waals surface area contributed by atoms with Crippen LogP contribution in [0.2, 0.25) is 0 Å². The average molecular weight is 390 g/mol. The first kappa shape index (κ1) is 18.4. The van der Waals surface area contributed by atoms with Gasteiger partial charge in [-0.3, -0.25) is 9.59 Å². The lowest BCUT2D eigenvalue weighted by atomic mass is 9.72. The van der Waals surface area contributed by atoms with Crippen molar-refractivity contribution in [3.63, 3.8) is 0 Å². The molecule has 1 saturated carbocycles. The average Bonchev–Trinajstić information content (AvgIpc) is 3.28. The quantitative estimate of drug-likeness (QED) is 0.824. The third-order valence-corrected chi connectivity index (χ3v) is 7.04. The molecule has 0 radical (unpaired) electrons. The van der Waals surface area contributed by atoms with Gasteiger partial charge >= 0.3 is 0 Å². The van der Waals surface area contributed by atoms with E-state index in [1.165, 1.54) is 0 Å². The zero-order valence-electron chi connectivity index (χ0n) is 16.4. The SMILES string of the molecule is O=C(N1CCC2(C(=O)Nc3ccccc32)C1c1ccccc1)C1(O)CCCCC1. The summed E-state index contributed by atoms with van der Waals surface area (Å²) < 4.78 is 0. The molecule has 2 N–H and O–H groups in total. The van der Waals surface area contributed by atoms with Crippen molar-refractivity contribution in [2.45, 2.75) is 55.6 Å². The van der Waals surface area contributed by atoms with Crippen molar-refractivity contribution in [1.29, 1.82) is 0 Å².